The number of carbonyl (C=O) groups is 2. The number of nitrogens with zero attached hydrogens (tertiary/aromatic N) is 1. The Labute approximate surface area is 191 Å². The fourth-order valence-corrected chi connectivity index (χ4v) is 7.22. The molecule has 0 radical (unpaired) electrons. The Bertz CT molecular complexity index is 1220. The summed E-state index contributed by atoms with van der Waals surface area (Å²) >= 11 is 7.57. The molecular formula is C25H17Br2NO2. The molecule has 1 heterocycles. The van der Waals surface area contributed by atoms with Crippen molar-refractivity contribution in [2.45, 2.75) is 17.2 Å². The molecule has 2 atom stereocenters. The van der Waals surface area contributed by atoms with Gasteiger partial charge in [-0.1, -0.05) is 86.5 Å². The first-order valence-electron chi connectivity index (χ1n) is 9.96. The average Bonchev–Trinajstić information content (AvgIpc) is 3.02. The topological polar surface area (TPSA) is 37.4 Å². The minimum atomic E-state index is -0.705. The molecular weight excluding hydrogens is 506 g/mol. The second-order valence-electron chi connectivity index (χ2n) is 8.31. The first-order chi connectivity index (χ1) is 14.4. The first-order valence-corrected chi connectivity index (χ1v) is 11.5. The Morgan fingerprint density at radius 3 is 2.07 bits per heavy atom. The van der Waals surface area contributed by atoms with Crippen molar-refractivity contribution in [2.75, 3.05) is 4.90 Å². The SMILES string of the molecule is Cc1ccc(N2C(=O)[C@@H]3[C@@H](C2=O)C2c4ccccc4C3(Br)c3ccccc32)cc1Br. The lowest BCUT2D eigenvalue weighted by Crippen LogP contribution is -2.50. The molecule has 3 aromatic carbocycles. The highest BCUT2D eigenvalue weighted by molar-refractivity contribution is 9.10. The van der Waals surface area contributed by atoms with E-state index in [4.69, 9.17) is 0 Å². The standard InChI is InChI=1S/C25H17Br2NO2/c1-13-10-11-14(12-19(13)26)28-23(29)21-20-15-6-2-4-8-17(15)25(27,22(21)24(28)30)18-9-5-3-7-16(18)20/h2-12,20-22H,1H3/t20?,21-,22-,25?/m0/s1. The molecule has 0 N–H and O–H groups in total. The summed E-state index contributed by atoms with van der Waals surface area (Å²) in [5.41, 5.74) is 6.17. The molecule has 3 aliphatic carbocycles. The molecule has 0 saturated carbocycles. The summed E-state index contributed by atoms with van der Waals surface area (Å²) in [6.07, 6.45) is 0. The molecule has 4 aliphatic rings. The lowest BCUT2D eigenvalue weighted by Gasteiger charge is -2.51. The number of carbonyl (C=O) groups excluding carboxylic acids is 2. The molecule has 7 rings (SSSR count). The number of amides is 2. The van der Waals surface area contributed by atoms with Gasteiger partial charge in [0.15, 0.2) is 0 Å². The van der Waals surface area contributed by atoms with E-state index in [1.54, 1.807) is 0 Å². The maximum Gasteiger partial charge on any atom is 0.239 e. The molecule has 0 aromatic heterocycles. The van der Waals surface area contributed by atoms with E-state index < -0.39 is 16.2 Å². The van der Waals surface area contributed by atoms with Crippen molar-refractivity contribution in [3.8, 4) is 0 Å². The first kappa shape index (κ1) is 18.5. The van der Waals surface area contributed by atoms with Gasteiger partial charge in [-0.05, 0) is 46.9 Å². The van der Waals surface area contributed by atoms with Crippen LogP contribution in [0.4, 0.5) is 5.69 Å². The molecule has 3 aromatic rings. The van der Waals surface area contributed by atoms with Gasteiger partial charge in [-0.15, -0.1) is 0 Å². The third-order valence-electron chi connectivity index (χ3n) is 6.93. The Morgan fingerprint density at radius 2 is 1.47 bits per heavy atom. The molecule has 1 fully saturated rings. The van der Waals surface area contributed by atoms with Crippen molar-refractivity contribution in [1.29, 1.82) is 0 Å². The third kappa shape index (κ3) is 2.10. The van der Waals surface area contributed by atoms with E-state index in [2.05, 4.69) is 56.1 Å². The van der Waals surface area contributed by atoms with Gasteiger partial charge in [0, 0.05) is 10.4 Å². The number of imide groups is 1. The maximum absolute atomic E-state index is 13.8. The molecule has 0 unspecified atom stereocenters. The van der Waals surface area contributed by atoms with Crippen LogP contribution in [0.15, 0.2) is 71.2 Å². The molecule has 1 aliphatic heterocycles. The molecule has 30 heavy (non-hydrogen) atoms. The minimum absolute atomic E-state index is 0.112. The molecule has 3 nitrogen and oxygen atoms in total. The van der Waals surface area contributed by atoms with E-state index in [1.165, 1.54) is 4.90 Å². The van der Waals surface area contributed by atoms with Crippen molar-refractivity contribution in [3.63, 3.8) is 0 Å². The molecule has 2 amide bonds. The van der Waals surface area contributed by atoms with Crippen LogP contribution in [-0.2, 0) is 13.9 Å². The van der Waals surface area contributed by atoms with Crippen LogP contribution in [0, 0.1) is 18.8 Å². The van der Waals surface area contributed by atoms with E-state index in [-0.39, 0.29) is 17.7 Å². The smallest absolute Gasteiger partial charge is 0.239 e. The summed E-state index contributed by atoms with van der Waals surface area (Å²) < 4.78 is 0.182. The van der Waals surface area contributed by atoms with Crippen molar-refractivity contribution in [3.05, 3.63) is 99.0 Å². The maximum atomic E-state index is 13.8. The van der Waals surface area contributed by atoms with Crippen molar-refractivity contribution in [2.24, 2.45) is 11.8 Å². The number of alkyl halides is 1. The van der Waals surface area contributed by atoms with Crippen molar-refractivity contribution >= 4 is 49.4 Å². The van der Waals surface area contributed by atoms with Crippen LogP contribution in [0.3, 0.4) is 0 Å². The quantitative estimate of drug-likeness (QED) is 0.305. The van der Waals surface area contributed by atoms with Crippen LogP contribution in [-0.4, -0.2) is 11.8 Å². The number of hydrogen-bond donors (Lipinski definition) is 0. The summed E-state index contributed by atoms with van der Waals surface area (Å²) in [6, 6.07) is 22.1. The third-order valence-corrected chi connectivity index (χ3v) is 9.13. The Hall–Kier alpha value is -2.24. The zero-order chi connectivity index (χ0) is 20.8. The summed E-state index contributed by atoms with van der Waals surface area (Å²) in [5, 5.41) is 0. The van der Waals surface area contributed by atoms with Crippen LogP contribution in [0.2, 0.25) is 0 Å². The normalized spacial score (nSPS) is 28.4. The van der Waals surface area contributed by atoms with Crippen LogP contribution in [0.1, 0.15) is 33.7 Å². The molecule has 5 heteroatoms. The number of benzene rings is 3. The van der Waals surface area contributed by atoms with Crippen LogP contribution < -0.4 is 4.90 Å². The lowest BCUT2D eigenvalue weighted by atomic mass is 9.55. The van der Waals surface area contributed by atoms with Gasteiger partial charge < -0.3 is 0 Å². The van der Waals surface area contributed by atoms with E-state index in [9.17, 15) is 9.59 Å². The largest absolute Gasteiger partial charge is 0.274 e. The minimum Gasteiger partial charge on any atom is -0.274 e. The number of aryl methyl sites for hydroxylation is 1. The fourth-order valence-electron chi connectivity index (χ4n) is 5.65. The molecule has 2 bridgehead atoms. The van der Waals surface area contributed by atoms with Gasteiger partial charge in [0.2, 0.25) is 11.8 Å². The second kappa shape index (κ2) is 6.14. The zero-order valence-electron chi connectivity index (χ0n) is 16.1. The highest BCUT2D eigenvalue weighted by atomic mass is 79.9. The predicted octanol–water partition coefficient (Wildman–Crippen LogP) is 5.66. The summed E-state index contributed by atoms with van der Waals surface area (Å²) in [4.78, 5) is 29.0. The van der Waals surface area contributed by atoms with Gasteiger partial charge in [0.1, 0.15) is 0 Å². The van der Waals surface area contributed by atoms with Crippen LogP contribution in [0.25, 0.3) is 0 Å². The molecule has 148 valence electrons. The lowest BCUT2D eigenvalue weighted by molar-refractivity contribution is -0.122. The monoisotopic (exact) mass is 521 g/mol. The number of anilines is 1. The molecule has 1 saturated heterocycles. The zero-order valence-corrected chi connectivity index (χ0v) is 19.3. The van der Waals surface area contributed by atoms with Crippen molar-refractivity contribution in [1.82, 2.24) is 0 Å². The Balaban J connectivity index is 1.60. The van der Waals surface area contributed by atoms with E-state index in [1.807, 2.05) is 49.4 Å². The fraction of sp³-hybridized carbons (Fsp3) is 0.200. The Kier molecular flexibility index (Phi) is 3.79. The Morgan fingerprint density at radius 1 is 0.867 bits per heavy atom. The summed E-state index contributed by atoms with van der Waals surface area (Å²) in [6.45, 7) is 1.99. The van der Waals surface area contributed by atoms with E-state index >= 15 is 0 Å². The van der Waals surface area contributed by atoms with Gasteiger partial charge in [-0.2, -0.15) is 0 Å². The van der Waals surface area contributed by atoms with Crippen LogP contribution >= 0.6 is 31.9 Å². The van der Waals surface area contributed by atoms with E-state index in [0.717, 1.165) is 32.3 Å². The van der Waals surface area contributed by atoms with Gasteiger partial charge in [0.25, 0.3) is 0 Å². The van der Waals surface area contributed by atoms with Gasteiger partial charge in [0.05, 0.1) is 21.8 Å². The highest BCUT2D eigenvalue weighted by Gasteiger charge is 2.67. The molecule has 0 spiro atoms. The van der Waals surface area contributed by atoms with Crippen molar-refractivity contribution < 1.29 is 9.59 Å². The second-order valence-corrected chi connectivity index (χ2v) is 10.4. The summed E-state index contributed by atoms with van der Waals surface area (Å²) in [5.74, 6) is -1.25. The predicted molar refractivity (Wildman–Crippen MR) is 123 cm³/mol. The van der Waals surface area contributed by atoms with E-state index in [0.29, 0.717) is 5.69 Å². The van der Waals surface area contributed by atoms with Gasteiger partial charge in [-0.3, -0.25) is 9.59 Å². The van der Waals surface area contributed by atoms with Gasteiger partial charge in [-0.25, -0.2) is 4.90 Å². The number of halogens is 2. The number of rotatable bonds is 1. The summed E-state index contributed by atoms with van der Waals surface area (Å²) in [7, 11) is 0. The van der Waals surface area contributed by atoms with Gasteiger partial charge >= 0.3 is 0 Å². The highest BCUT2D eigenvalue weighted by Crippen LogP contribution is 2.66. The number of hydrogen-bond acceptors (Lipinski definition) is 2. The van der Waals surface area contributed by atoms with Crippen LogP contribution in [0.5, 0.6) is 0 Å². The average molecular weight is 523 g/mol.